The lowest BCUT2D eigenvalue weighted by Gasteiger charge is -2.10. The van der Waals surface area contributed by atoms with Crippen LogP contribution in [-0.4, -0.2) is 10.1 Å². The molecule has 0 radical (unpaired) electrons. The summed E-state index contributed by atoms with van der Waals surface area (Å²) >= 11 is 1.64. The second-order valence-electron chi connectivity index (χ2n) is 4.85. The van der Waals surface area contributed by atoms with Crippen molar-refractivity contribution in [3.05, 3.63) is 28.8 Å². The third-order valence-corrected chi connectivity index (χ3v) is 4.70. The van der Waals surface area contributed by atoms with Crippen molar-refractivity contribution in [2.24, 2.45) is 0 Å². The molecule has 0 amide bonds. The molecule has 1 aliphatic rings. The zero-order valence-electron chi connectivity index (χ0n) is 10.8. The van der Waals surface area contributed by atoms with Gasteiger partial charge in [0.2, 0.25) is 5.82 Å². The van der Waals surface area contributed by atoms with Gasteiger partial charge in [0.15, 0.2) is 5.76 Å². The lowest BCUT2D eigenvalue weighted by atomic mass is 9.95. The Balaban J connectivity index is 1.80. The highest BCUT2D eigenvalue weighted by molar-refractivity contribution is 7.16. The average molecular weight is 287 g/mol. The molecule has 102 valence electrons. The van der Waals surface area contributed by atoms with Crippen LogP contribution in [0.4, 0.5) is 5.00 Å². The molecule has 3 aromatic rings. The first-order chi connectivity index (χ1) is 9.83. The van der Waals surface area contributed by atoms with E-state index in [-0.39, 0.29) is 0 Å². The summed E-state index contributed by atoms with van der Waals surface area (Å²) < 4.78 is 10.7. The summed E-state index contributed by atoms with van der Waals surface area (Å²) in [6, 6.07) is 3.60. The molecule has 0 atom stereocenters. The fourth-order valence-corrected chi connectivity index (χ4v) is 3.80. The number of aromatic nitrogens is 2. The van der Waals surface area contributed by atoms with E-state index < -0.39 is 0 Å². The summed E-state index contributed by atoms with van der Waals surface area (Å²) in [5.74, 6) is 1.55. The van der Waals surface area contributed by atoms with Gasteiger partial charge in [-0.25, -0.2) is 0 Å². The van der Waals surface area contributed by atoms with Crippen LogP contribution >= 0.6 is 11.3 Å². The molecule has 20 heavy (non-hydrogen) atoms. The van der Waals surface area contributed by atoms with Gasteiger partial charge in [-0.15, -0.1) is 11.3 Å². The molecular weight excluding hydrogens is 274 g/mol. The van der Waals surface area contributed by atoms with Crippen LogP contribution in [0.5, 0.6) is 0 Å². The van der Waals surface area contributed by atoms with Gasteiger partial charge in [0, 0.05) is 4.88 Å². The Hall–Kier alpha value is -2.08. The van der Waals surface area contributed by atoms with Crippen LogP contribution in [0.3, 0.4) is 0 Å². The number of fused-ring (bicyclic) bond motifs is 1. The molecule has 0 fully saturated rings. The number of aryl methyl sites for hydroxylation is 1. The van der Waals surface area contributed by atoms with Crippen LogP contribution in [-0.2, 0) is 12.8 Å². The van der Waals surface area contributed by atoms with E-state index in [0.29, 0.717) is 17.5 Å². The Morgan fingerprint density at radius 2 is 2.15 bits per heavy atom. The van der Waals surface area contributed by atoms with Crippen LogP contribution in [0.25, 0.3) is 23.0 Å². The summed E-state index contributed by atoms with van der Waals surface area (Å²) in [5.41, 5.74) is 8.36. The van der Waals surface area contributed by atoms with Crippen LogP contribution in [0.2, 0.25) is 0 Å². The molecule has 4 rings (SSSR count). The Morgan fingerprint density at radius 3 is 3.00 bits per heavy atom. The maximum absolute atomic E-state index is 6.15. The van der Waals surface area contributed by atoms with Gasteiger partial charge >= 0.3 is 0 Å². The largest absolute Gasteiger partial charge is 0.461 e. The monoisotopic (exact) mass is 287 g/mol. The Labute approximate surface area is 119 Å². The van der Waals surface area contributed by atoms with Gasteiger partial charge in [0.25, 0.3) is 5.89 Å². The normalized spacial score (nSPS) is 14.4. The Kier molecular flexibility index (Phi) is 2.63. The average Bonchev–Trinajstić information content (AvgIpc) is 3.16. The van der Waals surface area contributed by atoms with Crippen molar-refractivity contribution in [2.45, 2.75) is 25.7 Å². The lowest BCUT2D eigenvalue weighted by molar-refractivity contribution is 0.429. The first kappa shape index (κ1) is 11.7. The quantitative estimate of drug-likeness (QED) is 0.780. The predicted molar refractivity (Wildman–Crippen MR) is 76.4 cm³/mol. The number of furan rings is 1. The van der Waals surface area contributed by atoms with Crippen molar-refractivity contribution < 1.29 is 8.94 Å². The Morgan fingerprint density at radius 1 is 1.25 bits per heavy atom. The number of anilines is 1. The van der Waals surface area contributed by atoms with Gasteiger partial charge in [-0.05, 0) is 43.4 Å². The maximum atomic E-state index is 6.15. The zero-order chi connectivity index (χ0) is 13.5. The first-order valence-electron chi connectivity index (χ1n) is 6.61. The van der Waals surface area contributed by atoms with Gasteiger partial charge in [-0.2, -0.15) is 4.98 Å². The lowest BCUT2D eigenvalue weighted by Crippen LogP contribution is -1.99. The third kappa shape index (κ3) is 1.76. The molecule has 0 spiro atoms. The van der Waals surface area contributed by atoms with Crippen LogP contribution in [0.1, 0.15) is 23.3 Å². The first-order valence-corrected chi connectivity index (χ1v) is 7.42. The minimum Gasteiger partial charge on any atom is -0.461 e. The van der Waals surface area contributed by atoms with E-state index >= 15 is 0 Å². The number of nitrogen functional groups attached to an aromatic ring is 1. The van der Waals surface area contributed by atoms with Crippen molar-refractivity contribution in [2.75, 3.05) is 5.73 Å². The summed E-state index contributed by atoms with van der Waals surface area (Å²) in [6.07, 6.45) is 6.15. The van der Waals surface area contributed by atoms with Crippen molar-refractivity contribution in [3.63, 3.8) is 0 Å². The molecule has 3 heterocycles. The van der Waals surface area contributed by atoms with Gasteiger partial charge in [0.05, 0.1) is 16.8 Å². The van der Waals surface area contributed by atoms with E-state index in [2.05, 4.69) is 10.1 Å². The van der Waals surface area contributed by atoms with Crippen molar-refractivity contribution in [1.82, 2.24) is 10.1 Å². The van der Waals surface area contributed by atoms with E-state index in [1.807, 2.05) is 0 Å². The number of hydrogen-bond donors (Lipinski definition) is 1. The molecule has 0 aromatic carbocycles. The number of nitrogens with two attached hydrogens (primary N) is 1. The van der Waals surface area contributed by atoms with Crippen molar-refractivity contribution in [1.29, 1.82) is 0 Å². The summed E-state index contributed by atoms with van der Waals surface area (Å²) in [4.78, 5) is 5.78. The van der Waals surface area contributed by atoms with Crippen LogP contribution in [0, 0.1) is 0 Å². The smallest absolute Gasteiger partial charge is 0.261 e. The molecule has 2 N–H and O–H groups in total. The SMILES string of the molecule is Nc1sc2c(c1-c1nc(-c3ccco3)no1)CCCC2. The topological polar surface area (TPSA) is 78.1 Å². The predicted octanol–water partition coefficient (Wildman–Crippen LogP) is 3.52. The third-order valence-electron chi connectivity index (χ3n) is 3.58. The second kappa shape index (κ2) is 4.49. The van der Waals surface area contributed by atoms with Gasteiger partial charge in [-0.1, -0.05) is 5.16 Å². The molecule has 0 saturated heterocycles. The van der Waals surface area contributed by atoms with Gasteiger partial charge in [-0.3, -0.25) is 0 Å². The minimum atomic E-state index is 0.458. The summed E-state index contributed by atoms with van der Waals surface area (Å²) in [7, 11) is 0. The molecule has 5 nitrogen and oxygen atoms in total. The second-order valence-corrected chi connectivity index (χ2v) is 5.99. The molecule has 1 aliphatic carbocycles. The van der Waals surface area contributed by atoms with E-state index in [0.717, 1.165) is 23.4 Å². The Bertz CT molecular complexity index is 743. The van der Waals surface area contributed by atoms with E-state index in [1.165, 1.54) is 23.3 Å². The number of rotatable bonds is 2. The molecule has 0 unspecified atom stereocenters. The molecule has 3 aromatic heterocycles. The molecule has 0 saturated carbocycles. The van der Waals surface area contributed by atoms with E-state index in [4.69, 9.17) is 14.7 Å². The number of nitrogens with zero attached hydrogens (tertiary/aromatic N) is 2. The summed E-state index contributed by atoms with van der Waals surface area (Å²) in [6.45, 7) is 0. The van der Waals surface area contributed by atoms with Crippen LogP contribution < -0.4 is 5.73 Å². The highest BCUT2D eigenvalue weighted by Gasteiger charge is 2.24. The highest BCUT2D eigenvalue weighted by atomic mass is 32.1. The molecule has 6 heteroatoms. The fraction of sp³-hybridized carbons (Fsp3) is 0.286. The van der Waals surface area contributed by atoms with Gasteiger partial charge < -0.3 is 14.7 Å². The highest BCUT2D eigenvalue weighted by Crippen LogP contribution is 2.42. The fourth-order valence-electron chi connectivity index (χ4n) is 2.65. The standard InChI is InChI=1S/C14H13N3O2S/c15-12-11(8-4-1-2-6-10(8)20-12)14-16-13(17-19-14)9-5-3-7-18-9/h3,5,7H,1-2,4,6,15H2. The molecule has 0 bridgehead atoms. The zero-order valence-corrected chi connectivity index (χ0v) is 11.6. The van der Waals surface area contributed by atoms with E-state index in [1.54, 1.807) is 29.7 Å². The summed E-state index contributed by atoms with van der Waals surface area (Å²) in [5, 5.41) is 4.74. The molecule has 0 aliphatic heterocycles. The van der Waals surface area contributed by atoms with E-state index in [9.17, 15) is 0 Å². The molecular formula is C14H13N3O2S. The number of hydrogen-bond acceptors (Lipinski definition) is 6. The van der Waals surface area contributed by atoms with Crippen LogP contribution in [0.15, 0.2) is 27.3 Å². The maximum Gasteiger partial charge on any atom is 0.261 e. The number of thiophene rings is 1. The van der Waals surface area contributed by atoms with Crippen molar-refractivity contribution >= 4 is 16.3 Å². The van der Waals surface area contributed by atoms with Crippen molar-refractivity contribution in [3.8, 4) is 23.0 Å². The minimum absolute atomic E-state index is 0.458. The van der Waals surface area contributed by atoms with Gasteiger partial charge in [0.1, 0.15) is 0 Å².